The Morgan fingerprint density at radius 3 is 2.45 bits per heavy atom. The molecule has 0 spiro atoms. The van der Waals surface area contributed by atoms with E-state index in [1.54, 1.807) is 24.8 Å². The fraction of sp³-hybridized carbons (Fsp3) is 0.174. The Morgan fingerprint density at radius 2 is 1.79 bits per heavy atom. The van der Waals surface area contributed by atoms with Gasteiger partial charge in [0.05, 0.1) is 41.7 Å². The molecule has 2 heterocycles. The van der Waals surface area contributed by atoms with Crippen molar-refractivity contribution in [2.75, 3.05) is 13.7 Å². The summed E-state index contributed by atoms with van der Waals surface area (Å²) >= 11 is 0. The molecule has 0 fully saturated rings. The Labute approximate surface area is 168 Å². The van der Waals surface area contributed by atoms with Crippen LogP contribution in [0.5, 0.6) is 5.75 Å². The number of nitrogens with zero attached hydrogens (tertiary/aromatic N) is 3. The molecule has 0 bridgehead atoms. The number of hydrogen-bond acceptors (Lipinski definition) is 5. The highest BCUT2D eigenvalue weighted by atomic mass is 16.5. The molecule has 4 rings (SSSR count). The Kier molecular flexibility index (Phi) is 4.99. The lowest BCUT2D eigenvalue weighted by atomic mass is 10.1. The van der Waals surface area contributed by atoms with E-state index in [1.807, 2.05) is 61.5 Å². The van der Waals surface area contributed by atoms with Crippen LogP contribution < -0.4 is 4.74 Å². The number of esters is 1. The lowest BCUT2D eigenvalue weighted by molar-refractivity contribution is 0.0528. The third kappa shape index (κ3) is 3.45. The minimum atomic E-state index is -0.384. The number of benzene rings is 2. The topological polar surface area (TPSA) is 66.2 Å². The molecular formula is C23H21N3O3. The van der Waals surface area contributed by atoms with Crippen LogP contribution in [-0.4, -0.2) is 34.5 Å². The van der Waals surface area contributed by atoms with Crippen molar-refractivity contribution < 1.29 is 14.3 Å². The molecule has 0 aliphatic rings. The van der Waals surface area contributed by atoms with E-state index in [2.05, 4.69) is 5.10 Å². The van der Waals surface area contributed by atoms with Gasteiger partial charge in [0.2, 0.25) is 0 Å². The number of pyridine rings is 1. The van der Waals surface area contributed by atoms with Gasteiger partial charge in [-0.3, -0.25) is 0 Å². The molecule has 2 aromatic heterocycles. The summed E-state index contributed by atoms with van der Waals surface area (Å²) < 4.78 is 12.3. The Morgan fingerprint density at radius 1 is 1.07 bits per heavy atom. The van der Waals surface area contributed by atoms with Gasteiger partial charge in [-0.25, -0.2) is 14.5 Å². The number of para-hydroxylation sites is 1. The van der Waals surface area contributed by atoms with Gasteiger partial charge in [-0.1, -0.05) is 18.2 Å². The van der Waals surface area contributed by atoms with Gasteiger partial charge in [0.1, 0.15) is 5.75 Å². The quantitative estimate of drug-likeness (QED) is 0.469. The molecule has 0 atom stereocenters. The number of methoxy groups -OCH3 is 1. The summed E-state index contributed by atoms with van der Waals surface area (Å²) in [6.45, 7) is 3.96. The molecule has 4 aromatic rings. The summed E-state index contributed by atoms with van der Waals surface area (Å²) in [6.07, 6.45) is 0. The van der Waals surface area contributed by atoms with Gasteiger partial charge in [-0.15, -0.1) is 0 Å². The van der Waals surface area contributed by atoms with E-state index in [-0.39, 0.29) is 5.97 Å². The summed E-state index contributed by atoms with van der Waals surface area (Å²) in [6, 6.07) is 19.1. The lowest BCUT2D eigenvalue weighted by Crippen LogP contribution is -2.07. The molecule has 0 aliphatic carbocycles. The molecule has 0 aliphatic heterocycles. The van der Waals surface area contributed by atoms with E-state index >= 15 is 0 Å². The first-order valence-corrected chi connectivity index (χ1v) is 9.39. The van der Waals surface area contributed by atoms with Crippen molar-refractivity contribution in [2.45, 2.75) is 13.8 Å². The van der Waals surface area contributed by atoms with Crippen LogP contribution in [0.15, 0.2) is 60.7 Å². The summed E-state index contributed by atoms with van der Waals surface area (Å²) in [4.78, 5) is 17.6. The van der Waals surface area contributed by atoms with Gasteiger partial charge < -0.3 is 9.47 Å². The Hall–Kier alpha value is -3.67. The average Bonchev–Trinajstić information content (AvgIpc) is 3.10. The zero-order valence-electron chi connectivity index (χ0n) is 16.5. The van der Waals surface area contributed by atoms with Crippen molar-refractivity contribution in [3.05, 3.63) is 71.9 Å². The molecule has 146 valence electrons. The number of rotatable bonds is 5. The van der Waals surface area contributed by atoms with E-state index in [4.69, 9.17) is 14.5 Å². The molecule has 6 heteroatoms. The standard InChI is InChI=1S/C23H21N3O3/c1-4-29-23(27)19-14-20(16-10-12-18(28-3)13-11-16)24-22-21(19)15(2)25-26(22)17-8-6-5-7-9-17/h5-14H,4H2,1-3H3. The minimum Gasteiger partial charge on any atom is -0.497 e. The fourth-order valence-electron chi connectivity index (χ4n) is 3.32. The van der Waals surface area contributed by atoms with Gasteiger partial charge >= 0.3 is 5.97 Å². The van der Waals surface area contributed by atoms with Crippen molar-refractivity contribution in [3.63, 3.8) is 0 Å². The van der Waals surface area contributed by atoms with Crippen molar-refractivity contribution in [1.82, 2.24) is 14.8 Å². The average molecular weight is 387 g/mol. The highest BCUT2D eigenvalue weighted by Gasteiger charge is 2.21. The number of aromatic nitrogens is 3. The van der Waals surface area contributed by atoms with E-state index in [0.29, 0.717) is 28.9 Å². The predicted octanol–water partition coefficient (Wildman–Crippen LogP) is 4.58. The smallest absolute Gasteiger partial charge is 0.339 e. The van der Waals surface area contributed by atoms with Gasteiger partial charge in [0, 0.05) is 5.56 Å². The van der Waals surface area contributed by atoms with Gasteiger partial charge in [0.15, 0.2) is 5.65 Å². The molecule has 0 unspecified atom stereocenters. The second-order valence-electron chi connectivity index (χ2n) is 6.54. The second kappa shape index (κ2) is 7.75. The van der Waals surface area contributed by atoms with Crippen molar-refractivity contribution in [3.8, 4) is 22.7 Å². The van der Waals surface area contributed by atoms with Gasteiger partial charge in [-0.05, 0) is 56.3 Å². The zero-order chi connectivity index (χ0) is 20.4. The van der Waals surface area contributed by atoms with Crippen molar-refractivity contribution >= 4 is 17.0 Å². The first-order chi connectivity index (χ1) is 14.1. The molecule has 0 N–H and O–H groups in total. The second-order valence-corrected chi connectivity index (χ2v) is 6.54. The van der Waals surface area contributed by atoms with Gasteiger partial charge in [0.25, 0.3) is 0 Å². The van der Waals surface area contributed by atoms with Crippen LogP contribution in [0.1, 0.15) is 23.0 Å². The van der Waals surface area contributed by atoms with Gasteiger partial charge in [-0.2, -0.15) is 5.10 Å². The molecule has 29 heavy (non-hydrogen) atoms. The SMILES string of the molecule is CCOC(=O)c1cc(-c2ccc(OC)cc2)nc2c1c(C)nn2-c1ccccc1. The zero-order valence-corrected chi connectivity index (χ0v) is 16.5. The monoisotopic (exact) mass is 387 g/mol. The van der Waals surface area contributed by atoms with Crippen LogP contribution >= 0.6 is 0 Å². The maximum absolute atomic E-state index is 12.7. The van der Waals surface area contributed by atoms with E-state index < -0.39 is 0 Å². The fourth-order valence-corrected chi connectivity index (χ4v) is 3.32. The van der Waals surface area contributed by atoms with Crippen LogP contribution in [0, 0.1) is 6.92 Å². The van der Waals surface area contributed by atoms with Crippen molar-refractivity contribution in [2.24, 2.45) is 0 Å². The third-order valence-corrected chi connectivity index (χ3v) is 4.69. The molecule has 2 aromatic carbocycles. The Bertz CT molecular complexity index is 1170. The summed E-state index contributed by atoms with van der Waals surface area (Å²) in [7, 11) is 1.62. The Balaban J connectivity index is 1.98. The third-order valence-electron chi connectivity index (χ3n) is 4.69. The summed E-state index contributed by atoms with van der Waals surface area (Å²) in [5.74, 6) is 0.371. The first-order valence-electron chi connectivity index (χ1n) is 9.39. The first kappa shape index (κ1) is 18.7. The van der Waals surface area contributed by atoms with Crippen LogP contribution in [0.2, 0.25) is 0 Å². The highest BCUT2D eigenvalue weighted by Crippen LogP contribution is 2.30. The van der Waals surface area contributed by atoms with Crippen LogP contribution in [-0.2, 0) is 4.74 Å². The minimum absolute atomic E-state index is 0.298. The van der Waals surface area contributed by atoms with Crippen LogP contribution in [0.4, 0.5) is 0 Å². The lowest BCUT2D eigenvalue weighted by Gasteiger charge is -2.09. The number of carbonyl (C=O) groups is 1. The molecule has 6 nitrogen and oxygen atoms in total. The van der Waals surface area contributed by atoms with Crippen LogP contribution in [0.25, 0.3) is 28.0 Å². The number of fused-ring (bicyclic) bond motifs is 1. The predicted molar refractivity (Wildman–Crippen MR) is 112 cm³/mol. The van der Waals surface area contributed by atoms with Crippen LogP contribution in [0.3, 0.4) is 0 Å². The molecule has 0 saturated carbocycles. The number of aryl methyl sites for hydroxylation is 1. The maximum Gasteiger partial charge on any atom is 0.339 e. The number of ether oxygens (including phenoxy) is 2. The van der Waals surface area contributed by atoms with E-state index in [9.17, 15) is 4.79 Å². The summed E-state index contributed by atoms with van der Waals surface area (Å²) in [5, 5.41) is 5.35. The largest absolute Gasteiger partial charge is 0.497 e. The highest BCUT2D eigenvalue weighted by molar-refractivity contribution is 6.05. The molecule has 0 saturated heterocycles. The van der Waals surface area contributed by atoms with E-state index in [1.165, 1.54) is 0 Å². The van der Waals surface area contributed by atoms with E-state index in [0.717, 1.165) is 22.7 Å². The number of carbonyl (C=O) groups excluding carboxylic acids is 1. The normalized spacial score (nSPS) is 10.9. The number of hydrogen-bond donors (Lipinski definition) is 0. The summed E-state index contributed by atoms with van der Waals surface area (Å²) in [5.41, 5.74) is 4.21. The maximum atomic E-state index is 12.7. The van der Waals surface area contributed by atoms with Crippen molar-refractivity contribution in [1.29, 1.82) is 0 Å². The molecule has 0 radical (unpaired) electrons. The molecule has 0 amide bonds. The molecular weight excluding hydrogens is 366 g/mol.